The molecule has 0 aliphatic carbocycles. The van der Waals surface area contributed by atoms with Crippen molar-refractivity contribution in [2.75, 3.05) is 0 Å². The summed E-state index contributed by atoms with van der Waals surface area (Å²) in [6.45, 7) is 2.56. The van der Waals surface area contributed by atoms with E-state index in [0.29, 0.717) is 17.9 Å². The van der Waals surface area contributed by atoms with Crippen LogP contribution < -0.4 is 10.5 Å². The lowest BCUT2D eigenvalue weighted by atomic mass is 10.1. The number of ether oxygens (including phenoxy) is 1. The molecule has 2 aromatic carbocycles. The zero-order valence-electron chi connectivity index (χ0n) is 11.6. The Labute approximate surface area is 119 Å². The molecule has 2 aromatic rings. The first-order chi connectivity index (χ1) is 9.72. The number of hydrogen-bond donors (Lipinski definition) is 1. The molecule has 0 bridgehead atoms. The lowest BCUT2D eigenvalue weighted by Gasteiger charge is -2.06. The fraction of sp³-hybridized carbons (Fsp3) is 0.235. The van der Waals surface area contributed by atoms with E-state index in [0.717, 1.165) is 18.4 Å². The van der Waals surface area contributed by atoms with Crippen LogP contribution in [0, 0.1) is 0 Å². The molecule has 3 heteroatoms. The normalized spacial score (nSPS) is 10.3. The average Bonchev–Trinajstić information content (AvgIpc) is 2.48. The SMILES string of the molecule is CCCc1ccc(C(=O)Oc2cccc(CN)c2)cc1. The molecule has 0 aliphatic heterocycles. The summed E-state index contributed by atoms with van der Waals surface area (Å²) in [5.41, 5.74) is 8.29. The van der Waals surface area contributed by atoms with Crippen LogP contribution in [0.3, 0.4) is 0 Å². The van der Waals surface area contributed by atoms with Crippen LogP contribution in [0.4, 0.5) is 0 Å². The Kier molecular flexibility index (Phi) is 4.91. The lowest BCUT2D eigenvalue weighted by Crippen LogP contribution is -2.09. The molecule has 3 nitrogen and oxygen atoms in total. The van der Waals surface area contributed by atoms with E-state index in [1.165, 1.54) is 5.56 Å². The van der Waals surface area contributed by atoms with Crippen LogP contribution in [0.2, 0.25) is 0 Å². The number of carbonyl (C=O) groups excluding carboxylic acids is 1. The predicted octanol–water partition coefficient (Wildman–Crippen LogP) is 3.32. The Morgan fingerprint density at radius 1 is 1.10 bits per heavy atom. The summed E-state index contributed by atoms with van der Waals surface area (Å²) in [7, 11) is 0. The fourth-order valence-corrected chi connectivity index (χ4v) is 2.00. The summed E-state index contributed by atoms with van der Waals surface area (Å²) in [6.07, 6.45) is 2.11. The molecule has 0 aromatic heterocycles. The largest absolute Gasteiger partial charge is 0.423 e. The molecule has 0 amide bonds. The van der Waals surface area contributed by atoms with Crippen LogP contribution in [0.5, 0.6) is 5.75 Å². The van der Waals surface area contributed by atoms with Crippen molar-refractivity contribution in [1.82, 2.24) is 0 Å². The van der Waals surface area contributed by atoms with Crippen molar-refractivity contribution >= 4 is 5.97 Å². The first-order valence-corrected chi connectivity index (χ1v) is 6.83. The zero-order chi connectivity index (χ0) is 14.4. The third-order valence-corrected chi connectivity index (χ3v) is 3.07. The maximum atomic E-state index is 12.0. The number of nitrogens with two attached hydrogens (primary N) is 1. The number of aryl methyl sites for hydroxylation is 1. The molecule has 20 heavy (non-hydrogen) atoms. The standard InChI is InChI=1S/C17H19NO2/c1-2-4-13-7-9-15(10-8-13)17(19)20-16-6-3-5-14(11-16)12-18/h3,5-11H,2,4,12,18H2,1H3. The van der Waals surface area contributed by atoms with Crippen LogP contribution >= 0.6 is 0 Å². The number of esters is 1. The van der Waals surface area contributed by atoms with Gasteiger partial charge in [-0.3, -0.25) is 0 Å². The minimum Gasteiger partial charge on any atom is -0.423 e. The van der Waals surface area contributed by atoms with Gasteiger partial charge in [-0.2, -0.15) is 0 Å². The highest BCUT2D eigenvalue weighted by Gasteiger charge is 2.08. The van der Waals surface area contributed by atoms with Gasteiger partial charge in [0.1, 0.15) is 5.75 Å². The molecule has 2 rings (SSSR count). The van der Waals surface area contributed by atoms with Gasteiger partial charge in [-0.15, -0.1) is 0 Å². The van der Waals surface area contributed by atoms with Gasteiger partial charge in [-0.25, -0.2) is 4.79 Å². The molecule has 0 aliphatic rings. The maximum absolute atomic E-state index is 12.0. The molecule has 0 saturated heterocycles. The third kappa shape index (κ3) is 3.68. The van der Waals surface area contributed by atoms with Gasteiger partial charge in [0.15, 0.2) is 0 Å². The van der Waals surface area contributed by atoms with Gasteiger partial charge >= 0.3 is 5.97 Å². The van der Waals surface area contributed by atoms with Crippen molar-refractivity contribution < 1.29 is 9.53 Å². The topological polar surface area (TPSA) is 52.3 Å². The summed E-state index contributed by atoms with van der Waals surface area (Å²) in [6, 6.07) is 14.8. The number of rotatable bonds is 5. The minimum absolute atomic E-state index is 0.345. The highest BCUT2D eigenvalue weighted by molar-refractivity contribution is 5.91. The van der Waals surface area contributed by atoms with Crippen LogP contribution in [0.25, 0.3) is 0 Å². The second-order valence-electron chi connectivity index (χ2n) is 4.69. The number of hydrogen-bond acceptors (Lipinski definition) is 3. The van der Waals surface area contributed by atoms with E-state index >= 15 is 0 Å². The average molecular weight is 269 g/mol. The molecule has 0 spiro atoms. The molecule has 2 N–H and O–H groups in total. The first kappa shape index (κ1) is 14.3. The quantitative estimate of drug-likeness (QED) is 0.669. The Hall–Kier alpha value is -2.13. The lowest BCUT2D eigenvalue weighted by molar-refractivity contribution is 0.0734. The molecule has 0 atom stereocenters. The molecule has 104 valence electrons. The van der Waals surface area contributed by atoms with Crippen LogP contribution in [-0.4, -0.2) is 5.97 Å². The van der Waals surface area contributed by atoms with Gasteiger partial charge in [0, 0.05) is 6.54 Å². The van der Waals surface area contributed by atoms with Crippen LogP contribution in [-0.2, 0) is 13.0 Å². The number of benzene rings is 2. The van der Waals surface area contributed by atoms with Crippen molar-refractivity contribution in [3.63, 3.8) is 0 Å². The van der Waals surface area contributed by atoms with E-state index in [9.17, 15) is 4.79 Å². The second kappa shape index (κ2) is 6.87. The summed E-state index contributed by atoms with van der Waals surface area (Å²) in [5.74, 6) is 0.179. The van der Waals surface area contributed by atoms with E-state index in [4.69, 9.17) is 10.5 Å². The molecule has 0 fully saturated rings. The van der Waals surface area contributed by atoms with Crippen molar-refractivity contribution in [2.24, 2.45) is 5.73 Å². The maximum Gasteiger partial charge on any atom is 0.343 e. The smallest absolute Gasteiger partial charge is 0.343 e. The summed E-state index contributed by atoms with van der Waals surface area (Å²) in [5, 5.41) is 0. The van der Waals surface area contributed by atoms with Crippen molar-refractivity contribution in [2.45, 2.75) is 26.3 Å². The van der Waals surface area contributed by atoms with E-state index in [1.807, 2.05) is 24.3 Å². The molecule has 0 radical (unpaired) electrons. The van der Waals surface area contributed by atoms with Crippen LogP contribution in [0.1, 0.15) is 34.8 Å². The van der Waals surface area contributed by atoms with Crippen molar-refractivity contribution in [1.29, 1.82) is 0 Å². The molecule has 0 heterocycles. The monoisotopic (exact) mass is 269 g/mol. The van der Waals surface area contributed by atoms with Crippen LogP contribution in [0.15, 0.2) is 48.5 Å². The van der Waals surface area contributed by atoms with Crippen molar-refractivity contribution in [3.8, 4) is 5.75 Å². The highest BCUT2D eigenvalue weighted by atomic mass is 16.5. The molecule has 0 saturated carbocycles. The van der Waals surface area contributed by atoms with Gasteiger partial charge in [-0.1, -0.05) is 37.6 Å². The molecular formula is C17H19NO2. The van der Waals surface area contributed by atoms with E-state index in [2.05, 4.69) is 6.92 Å². The van der Waals surface area contributed by atoms with Gasteiger partial charge in [0.05, 0.1) is 5.56 Å². The second-order valence-corrected chi connectivity index (χ2v) is 4.69. The summed E-state index contributed by atoms with van der Waals surface area (Å²) in [4.78, 5) is 12.0. The molecular weight excluding hydrogens is 250 g/mol. The Balaban J connectivity index is 2.07. The first-order valence-electron chi connectivity index (χ1n) is 6.83. The van der Waals surface area contributed by atoms with Crippen molar-refractivity contribution in [3.05, 3.63) is 65.2 Å². The van der Waals surface area contributed by atoms with Gasteiger partial charge in [0.25, 0.3) is 0 Å². The van der Waals surface area contributed by atoms with E-state index in [1.54, 1.807) is 24.3 Å². The Morgan fingerprint density at radius 2 is 1.85 bits per heavy atom. The third-order valence-electron chi connectivity index (χ3n) is 3.07. The van der Waals surface area contributed by atoms with Gasteiger partial charge in [0.2, 0.25) is 0 Å². The molecule has 0 unspecified atom stereocenters. The van der Waals surface area contributed by atoms with Gasteiger partial charge in [-0.05, 0) is 41.8 Å². The fourth-order valence-electron chi connectivity index (χ4n) is 2.00. The minimum atomic E-state index is -0.345. The van der Waals surface area contributed by atoms with E-state index < -0.39 is 0 Å². The number of carbonyl (C=O) groups is 1. The highest BCUT2D eigenvalue weighted by Crippen LogP contribution is 2.15. The zero-order valence-corrected chi connectivity index (χ0v) is 11.6. The Bertz CT molecular complexity index is 576. The van der Waals surface area contributed by atoms with E-state index in [-0.39, 0.29) is 5.97 Å². The summed E-state index contributed by atoms with van der Waals surface area (Å²) >= 11 is 0. The predicted molar refractivity (Wildman–Crippen MR) is 79.7 cm³/mol. The Morgan fingerprint density at radius 3 is 2.50 bits per heavy atom. The summed E-state index contributed by atoms with van der Waals surface area (Å²) < 4.78 is 5.35. The van der Waals surface area contributed by atoms with Gasteiger partial charge < -0.3 is 10.5 Å².